The SMILES string of the molecule is O=C(CCN1CCC(OC(=O)Nc2ccccc2-c2ccccc2)CC1)Nc1ccc(CNS(=O)(=O)c2ccc(C(F)(F)F)cc2)cc1. The van der Waals surface area contributed by atoms with Crippen LogP contribution in [0.1, 0.15) is 30.4 Å². The maximum absolute atomic E-state index is 12.8. The summed E-state index contributed by atoms with van der Waals surface area (Å²) >= 11 is 0. The van der Waals surface area contributed by atoms with E-state index in [2.05, 4.69) is 20.3 Å². The number of nitrogens with zero attached hydrogens (tertiary/aromatic N) is 1. The van der Waals surface area contributed by atoms with Gasteiger partial charge >= 0.3 is 12.3 Å². The minimum absolute atomic E-state index is 0.0834. The number of piperidine rings is 1. The maximum atomic E-state index is 12.8. The number of hydrogen-bond acceptors (Lipinski definition) is 6. The van der Waals surface area contributed by atoms with Crippen LogP contribution in [0.15, 0.2) is 108 Å². The molecule has 4 aromatic rings. The van der Waals surface area contributed by atoms with Gasteiger partial charge in [0.25, 0.3) is 0 Å². The van der Waals surface area contributed by atoms with Crippen LogP contribution in [0.2, 0.25) is 0 Å². The Morgan fingerprint density at radius 1 is 0.812 bits per heavy atom. The van der Waals surface area contributed by atoms with E-state index in [1.807, 2.05) is 54.6 Å². The van der Waals surface area contributed by atoms with Crippen molar-refractivity contribution in [1.29, 1.82) is 0 Å². The number of nitrogens with one attached hydrogen (secondary N) is 3. The lowest BCUT2D eigenvalue weighted by atomic mass is 10.0. The van der Waals surface area contributed by atoms with Crippen LogP contribution in [0.25, 0.3) is 11.1 Å². The molecule has 252 valence electrons. The molecule has 2 amide bonds. The van der Waals surface area contributed by atoms with E-state index in [-0.39, 0.29) is 29.9 Å². The number of sulfonamides is 1. The van der Waals surface area contributed by atoms with Crippen molar-refractivity contribution in [2.45, 2.75) is 43.0 Å². The molecule has 1 heterocycles. The average molecular weight is 681 g/mol. The normalized spacial score (nSPS) is 14.3. The molecule has 4 aromatic carbocycles. The number of hydrogen-bond donors (Lipinski definition) is 3. The molecule has 0 spiro atoms. The van der Waals surface area contributed by atoms with E-state index in [1.165, 1.54) is 0 Å². The number of benzene rings is 4. The van der Waals surface area contributed by atoms with Crippen molar-refractivity contribution in [1.82, 2.24) is 9.62 Å². The van der Waals surface area contributed by atoms with E-state index in [0.29, 0.717) is 49.4 Å². The highest BCUT2D eigenvalue weighted by atomic mass is 32.2. The fourth-order valence-corrected chi connectivity index (χ4v) is 6.29. The molecule has 3 N–H and O–H groups in total. The van der Waals surface area contributed by atoms with Gasteiger partial charge in [0.2, 0.25) is 15.9 Å². The van der Waals surface area contributed by atoms with Crippen LogP contribution >= 0.6 is 0 Å². The van der Waals surface area contributed by atoms with Gasteiger partial charge in [-0.05, 0) is 66.4 Å². The van der Waals surface area contributed by atoms with Gasteiger partial charge in [0.15, 0.2) is 0 Å². The van der Waals surface area contributed by atoms with Gasteiger partial charge in [-0.1, -0.05) is 60.7 Å². The van der Waals surface area contributed by atoms with E-state index in [1.54, 1.807) is 24.3 Å². The Morgan fingerprint density at radius 3 is 2.12 bits per heavy atom. The lowest BCUT2D eigenvalue weighted by Gasteiger charge is -2.31. The molecule has 0 aromatic heterocycles. The number of carbonyl (C=O) groups is 2. The highest BCUT2D eigenvalue weighted by Gasteiger charge is 2.30. The number of carbonyl (C=O) groups excluding carboxylic acids is 2. The first kappa shape index (κ1) is 34.6. The van der Waals surface area contributed by atoms with Crippen molar-refractivity contribution >= 4 is 33.4 Å². The standard InChI is InChI=1S/C35H35F3N4O5S/c36-35(37,38)27-12-16-30(17-13-27)48(45,46)39-24-25-10-14-28(15-11-25)40-33(43)20-23-42-21-18-29(19-22-42)47-34(44)41-32-9-5-4-8-31(32)26-6-2-1-3-7-26/h1-17,29,39H,18-24H2,(H,40,43)(H,41,44). The second kappa shape index (κ2) is 15.5. The van der Waals surface area contributed by atoms with Gasteiger partial charge in [0.1, 0.15) is 6.10 Å². The highest BCUT2D eigenvalue weighted by Crippen LogP contribution is 2.30. The second-order valence-corrected chi connectivity index (χ2v) is 13.1. The van der Waals surface area contributed by atoms with Crippen molar-refractivity contribution in [3.05, 3.63) is 114 Å². The average Bonchev–Trinajstić information content (AvgIpc) is 3.08. The molecule has 0 aliphatic carbocycles. The maximum Gasteiger partial charge on any atom is 0.416 e. The number of halogens is 3. The van der Waals surface area contributed by atoms with Crippen LogP contribution in [0.4, 0.5) is 29.3 Å². The van der Waals surface area contributed by atoms with Crippen LogP contribution in [0.5, 0.6) is 0 Å². The van der Waals surface area contributed by atoms with Gasteiger partial charge in [-0.2, -0.15) is 13.2 Å². The van der Waals surface area contributed by atoms with Crippen molar-refractivity contribution < 1.29 is 35.9 Å². The zero-order chi connectivity index (χ0) is 34.1. The fourth-order valence-electron chi connectivity index (χ4n) is 5.28. The molecule has 9 nitrogen and oxygen atoms in total. The van der Waals surface area contributed by atoms with Crippen LogP contribution in [-0.2, 0) is 32.3 Å². The van der Waals surface area contributed by atoms with Crippen molar-refractivity contribution in [3.63, 3.8) is 0 Å². The summed E-state index contributed by atoms with van der Waals surface area (Å²) in [6, 6.07) is 27.2. The summed E-state index contributed by atoms with van der Waals surface area (Å²) in [6.07, 6.45) is -3.72. The first-order valence-electron chi connectivity index (χ1n) is 15.4. The lowest BCUT2D eigenvalue weighted by Crippen LogP contribution is -2.39. The molecular weight excluding hydrogens is 645 g/mol. The monoisotopic (exact) mass is 680 g/mol. The van der Waals surface area contributed by atoms with E-state index in [9.17, 15) is 31.2 Å². The first-order chi connectivity index (χ1) is 23.0. The van der Waals surface area contributed by atoms with E-state index >= 15 is 0 Å². The van der Waals surface area contributed by atoms with E-state index in [4.69, 9.17) is 4.74 Å². The Morgan fingerprint density at radius 2 is 1.46 bits per heavy atom. The van der Waals surface area contributed by atoms with E-state index in [0.717, 1.165) is 35.4 Å². The van der Waals surface area contributed by atoms with Gasteiger partial charge in [-0.15, -0.1) is 0 Å². The Balaban J connectivity index is 1.01. The number of likely N-dealkylation sites (tertiary alicyclic amines) is 1. The summed E-state index contributed by atoms with van der Waals surface area (Å²) in [5, 5.41) is 5.70. The topological polar surface area (TPSA) is 117 Å². The molecule has 0 saturated carbocycles. The van der Waals surface area contributed by atoms with Gasteiger partial charge in [-0.3, -0.25) is 10.1 Å². The van der Waals surface area contributed by atoms with Crippen LogP contribution in [0.3, 0.4) is 0 Å². The van der Waals surface area contributed by atoms with Gasteiger partial charge in [0.05, 0.1) is 16.1 Å². The van der Waals surface area contributed by atoms with Crippen LogP contribution in [0, 0.1) is 0 Å². The summed E-state index contributed by atoms with van der Waals surface area (Å²) in [7, 11) is -4.02. The summed E-state index contributed by atoms with van der Waals surface area (Å²) in [6.45, 7) is 1.82. The summed E-state index contributed by atoms with van der Waals surface area (Å²) in [5.41, 5.74) is 2.78. The Labute approximate surface area is 277 Å². The lowest BCUT2D eigenvalue weighted by molar-refractivity contribution is -0.137. The molecule has 0 unspecified atom stereocenters. The molecule has 48 heavy (non-hydrogen) atoms. The van der Waals surface area contributed by atoms with Gasteiger partial charge < -0.3 is 15.0 Å². The van der Waals surface area contributed by atoms with Gasteiger partial charge in [-0.25, -0.2) is 17.9 Å². The quantitative estimate of drug-likeness (QED) is 0.159. The molecule has 5 rings (SSSR count). The molecule has 1 fully saturated rings. The minimum Gasteiger partial charge on any atom is -0.446 e. The number of para-hydroxylation sites is 1. The smallest absolute Gasteiger partial charge is 0.416 e. The Hall–Kier alpha value is -4.72. The molecule has 0 radical (unpaired) electrons. The molecule has 13 heteroatoms. The van der Waals surface area contributed by atoms with Crippen LogP contribution in [-0.4, -0.2) is 51.1 Å². The third-order valence-corrected chi connectivity index (χ3v) is 9.33. The predicted molar refractivity (Wildman–Crippen MR) is 177 cm³/mol. The fraction of sp³-hybridized carbons (Fsp3) is 0.257. The predicted octanol–water partition coefficient (Wildman–Crippen LogP) is 6.89. The number of alkyl halides is 3. The number of ether oxygens (including phenoxy) is 1. The largest absolute Gasteiger partial charge is 0.446 e. The van der Waals surface area contributed by atoms with E-state index < -0.39 is 27.9 Å². The molecule has 0 bridgehead atoms. The third-order valence-electron chi connectivity index (χ3n) is 7.91. The number of anilines is 2. The Kier molecular flexibility index (Phi) is 11.1. The molecule has 0 atom stereocenters. The highest BCUT2D eigenvalue weighted by molar-refractivity contribution is 7.89. The van der Waals surface area contributed by atoms with Crippen LogP contribution < -0.4 is 15.4 Å². The summed E-state index contributed by atoms with van der Waals surface area (Å²) in [5.74, 6) is -0.180. The van der Waals surface area contributed by atoms with Crippen molar-refractivity contribution in [2.24, 2.45) is 0 Å². The Bertz CT molecular complexity index is 1790. The third kappa shape index (κ3) is 9.66. The molecule has 1 aliphatic heterocycles. The first-order valence-corrected chi connectivity index (χ1v) is 16.8. The molecular formula is C35H35F3N4O5S. The molecule has 1 aliphatic rings. The summed E-state index contributed by atoms with van der Waals surface area (Å²) < 4.78 is 71.3. The van der Waals surface area contributed by atoms with Crippen molar-refractivity contribution in [2.75, 3.05) is 30.3 Å². The minimum atomic E-state index is -4.56. The van der Waals surface area contributed by atoms with Crippen molar-refractivity contribution in [3.8, 4) is 11.1 Å². The summed E-state index contributed by atoms with van der Waals surface area (Å²) in [4.78, 5) is 27.1. The zero-order valence-corrected chi connectivity index (χ0v) is 26.7. The second-order valence-electron chi connectivity index (χ2n) is 11.3. The number of amides is 2. The number of rotatable bonds is 11. The van der Waals surface area contributed by atoms with Gasteiger partial charge in [0, 0.05) is 43.9 Å². The zero-order valence-electron chi connectivity index (χ0n) is 25.9. The molecule has 1 saturated heterocycles.